The third kappa shape index (κ3) is 2.35. The molecule has 0 unspecified atom stereocenters. The number of anilines is 1. The van der Waals surface area contributed by atoms with E-state index in [1.807, 2.05) is 6.20 Å². The van der Waals surface area contributed by atoms with Gasteiger partial charge in [0.25, 0.3) is 0 Å². The first-order chi connectivity index (χ1) is 11.8. The van der Waals surface area contributed by atoms with Gasteiger partial charge in [0.1, 0.15) is 5.82 Å². The highest BCUT2D eigenvalue weighted by molar-refractivity contribution is 5.65. The van der Waals surface area contributed by atoms with Crippen LogP contribution >= 0.6 is 0 Å². The van der Waals surface area contributed by atoms with Gasteiger partial charge in [0.05, 0.1) is 12.2 Å². The second kappa shape index (κ2) is 5.62. The van der Waals surface area contributed by atoms with Crippen molar-refractivity contribution in [2.75, 3.05) is 18.5 Å². The summed E-state index contributed by atoms with van der Waals surface area (Å²) in [6.45, 7) is 2.19. The number of benzene rings is 1. The Hall–Kier alpha value is -1.81. The predicted molar refractivity (Wildman–Crippen MR) is 95.3 cm³/mol. The van der Waals surface area contributed by atoms with E-state index in [4.69, 9.17) is 4.74 Å². The molecule has 3 aliphatic heterocycles. The van der Waals surface area contributed by atoms with Crippen molar-refractivity contribution in [2.45, 2.75) is 50.9 Å². The Kier molecular flexibility index (Phi) is 3.40. The highest BCUT2D eigenvalue weighted by Gasteiger charge is 2.40. The van der Waals surface area contributed by atoms with Gasteiger partial charge in [-0.2, -0.15) is 0 Å². The molecule has 5 rings (SSSR count). The van der Waals surface area contributed by atoms with Crippen molar-refractivity contribution in [3.63, 3.8) is 0 Å². The van der Waals surface area contributed by atoms with Crippen LogP contribution in [0, 0.1) is 5.92 Å². The third-order valence-corrected chi connectivity index (χ3v) is 6.07. The molecule has 0 saturated carbocycles. The number of hydrogen-bond donors (Lipinski definition) is 0. The van der Waals surface area contributed by atoms with Crippen LogP contribution < -0.4 is 4.90 Å². The maximum absolute atomic E-state index is 6.03. The molecule has 2 bridgehead atoms. The van der Waals surface area contributed by atoms with E-state index in [0.717, 1.165) is 18.9 Å². The smallest absolute Gasteiger partial charge is 0.139 e. The predicted octanol–water partition coefficient (Wildman–Crippen LogP) is 3.50. The summed E-state index contributed by atoms with van der Waals surface area (Å²) in [5.41, 5.74) is 4.08. The molecule has 1 aromatic carbocycles. The van der Waals surface area contributed by atoms with Crippen LogP contribution in [0.15, 0.2) is 30.6 Å². The Morgan fingerprint density at radius 1 is 1.29 bits per heavy atom. The Balaban J connectivity index is 1.43. The van der Waals surface area contributed by atoms with Gasteiger partial charge < -0.3 is 14.2 Å². The summed E-state index contributed by atoms with van der Waals surface area (Å²) < 4.78 is 8.36. The van der Waals surface area contributed by atoms with Gasteiger partial charge >= 0.3 is 0 Å². The fourth-order valence-electron chi connectivity index (χ4n) is 4.83. The number of imidazole rings is 1. The van der Waals surface area contributed by atoms with Crippen LogP contribution in [0.3, 0.4) is 0 Å². The maximum atomic E-state index is 6.03. The van der Waals surface area contributed by atoms with Gasteiger partial charge in [0, 0.05) is 49.7 Å². The molecule has 0 spiro atoms. The molecule has 0 radical (unpaired) electrons. The summed E-state index contributed by atoms with van der Waals surface area (Å²) >= 11 is 0. The molecule has 4 nitrogen and oxygen atoms in total. The van der Waals surface area contributed by atoms with Crippen molar-refractivity contribution in [1.82, 2.24) is 9.55 Å². The molecule has 24 heavy (non-hydrogen) atoms. The van der Waals surface area contributed by atoms with Gasteiger partial charge in [-0.15, -0.1) is 0 Å². The summed E-state index contributed by atoms with van der Waals surface area (Å²) in [7, 11) is 2.19. The first-order valence-electron chi connectivity index (χ1n) is 9.29. The van der Waals surface area contributed by atoms with Crippen molar-refractivity contribution < 1.29 is 4.74 Å². The number of hydrogen-bond acceptors (Lipinski definition) is 3. The van der Waals surface area contributed by atoms with Crippen LogP contribution in [-0.2, 0) is 17.7 Å². The zero-order chi connectivity index (χ0) is 16.1. The SMILES string of the molecule is CN1CCCc2cc(-c3nccn3C[C@@H]3C[C@@H]4CC[C@H]3O4)ccc21. The average molecular weight is 323 g/mol. The molecular weight excluding hydrogens is 298 g/mol. The molecule has 0 aliphatic carbocycles. The molecule has 3 atom stereocenters. The lowest BCUT2D eigenvalue weighted by atomic mass is 9.89. The molecule has 4 heterocycles. The number of rotatable bonds is 3. The number of fused-ring (bicyclic) bond motifs is 3. The topological polar surface area (TPSA) is 30.3 Å². The minimum Gasteiger partial charge on any atom is -0.375 e. The molecule has 2 fully saturated rings. The molecule has 126 valence electrons. The van der Waals surface area contributed by atoms with Gasteiger partial charge in [-0.25, -0.2) is 4.98 Å². The largest absolute Gasteiger partial charge is 0.375 e. The Bertz CT molecular complexity index is 753. The summed E-state index contributed by atoms with van der Waals surface area (Å²) in [5, 5.41) is 0. The van der Waals surface area contributed by atoms with Crippen molar-refractivity contribution in [3.8, 4) is 11.4 Å². The number of aryl methyl sites for hydroxylation is 1. The van der Waals surface area contributed by atoms with Crippen molar-refractivity contribution in [3.05, 3.63) is 36.2 Å². The van der Waals surface area contributed by atoms with E-state index in [9.17, 15) is 0 Å². The third-order valence-electron chi connectivity index (χ3n) is 6.07. The van der Waals surface area contributed by atoms with E-state index in [1.165, 1.54) is 48.9 Å². The normalized spacial score (nSPS) is 28.4. The lowest BCUT2D eigenvalue weighted by molar-refractivity contribution is 0.0900. The van der Waals surface area contributed by atoms with E-state index in [2.05, 4.69) is 45.9 Å². The van der Waals surface area contributed by atoms with Gasteiger partial charge in [0.2, 0.25) is 0 Å². The molecular formula is C20H25N3O. The highest BCUT2D eigenvalue weighted by atomic mass is 16.5. The minimum atomic E-state index is 0.474. The molecule has 2 aromatic rings. The first kappa shape index (κ1) is 14.5. The monoisotopic (exact) mass is 323 g/mol. The lowest BCUT2D eigenvalue weighted by Gasteiger charge is -2.28. The summed E-state index contributed by atoms with van der Waals surface area (Å²) in [6.07, 6.45) is 11.2. The van der Waals surface area contributed by atoms with E-state index in [0.29, 0.717) is 18.1 Å². The van der Waals surface area contributed by atoms with Gasteiger partial charge in [0.15, 0.2) is 0 Å². The Morgan fingerprint density at radius 2 is 2.25 bits per heavy atom. The molecule has 2 saturated heterocycles. The average Bonchev–Trinajstić information content (AvgIpc) is 3.31. The zero-order valence-corrected chi connectivity index (χ0v) is 14.3. The van der Waals surface area contributed by atoms with Crippen molar-refractivity contribution in [2.24, 2.45) is 5.92 Å². The molecule has 0 amide bonds. The van der Waals surface area contributed by atoms with Gasteiger partial charge in [-0.3, -0.25) is 0 Å². The van der Waals surface area contributed by atoms with Gasteiger partial charge in [-0.1, -0.05) is 0 Å². The molecule has 4 heteroatoms. The fourth-order valence-corrected chi connectivity index (χ4v) is 4.83. The standard InChI is InChI=1S/C20H25N3O/c1-22-9-2-3-14-11-15(4-6-18(14)22)20-21-8-10-23(20)13-16-12-17-5-7-19(16)24-17/h4,6,8,10-11,16-17,19H,2-3,5,7,9,12-13H2,1H3/t16-,17-,19+/m0/s1. The Labute approximate surface area is 143 Å². The first-order valence-corrected chi connectivity index (χ1v) is 9.29. The lowest BCUT2D eigenvalue weighted by Crippen LogP contribution is -2.24. The molecule has 3 aliphatic rings. The second-order valence-electron chi connectivity index (χ2n) is 7.64. The van der Waals surface area contributed by atoms with Crippen LogP contribution in [0.4, 0.5) is 5.69 Å². The van der Waals surface area contributed by atoms with Crippen LogP contribution in [0.2, 0.25) is 0 Å². The summed E-state index contributed by atoms with van der Waals surface area (Å²) in [6, 6.07) is 6.85. The minimum absolute atomic E-state index is 0.474. The second-order valence-corrected chi connectivity index (χ2v) is 7.64. The quantitative estimate of drug-likeness (QED) is 0.866. The van der Waals surface area contributed by atoms with Gasteiger partial charge in [-0.05, 0) is 55.9 Å². The number of aromatic nitrogens is 2. The van der Waals surface area contributed by atoms with Crippen LogP contribution in [0.1, 0.15) is 31.2 Å². The van der Waals surface area contributed by atoms with Crippen molar-refractivity contribution >= 4 is 5.69 Å². The zero-order valence-electron chi connectivity index (χ0n) is 14.3. The van der Waals surface area contributed by atoms with Crippen molar-refractivity contribution in [1.29, 1.82) is 0 Å². The van der Waals surface area contributed by atoms with E-state index in [-0.39, 0.29) is 0 Å². The maximum Gasteiger partial charge on any atom is 0.139 e. The summed E-state index contributed by atoms with van der Waals surface area (Å²) in [4.78, 5) is 7.03. The Morgan fingerprint density at radius 3 is 3.08 bits per heavy atom. The number of ether oxygens (including phenoxy) is 1. The van der Waals surface area contributed by atoms with E-state index >= 15 is 0 Å². The van der Waals surface area contributed by atoms with Crippen LogP contribution in [-0.4, -0.2) is 35.4 Å². The van der Waals surface area contributed by atoms with Crippen LogP contribution in [0.5, 0.6) is 0 Å². The highest BCUT2D eigenvalue weighted by Crippen LogP contribution is 2.40. The number of nitrogens with zero attached hydrogens (tertiary/aromatic N) is 3. The molecule has 1 aromatic heterocycles. The summed E-state index contributed by atoms with van der Waals surface area (Å²) in [5.74, 6) is 1.76. The van der Waals surface area contributed by atoms with E-state index < -0.39 is 0 Å². The fraction of sp³-hybridized carbons (Fsp3) is 0.550. The molecule has 0 N–H and O–H groups in total. The van der Waals surface area contributed by atoms with Crippen LogP contribution in [0.25, 0.3) is 11.4 Å². The van der Waals surface area contributed by atoms with E-state index in [1.54, 1.807) is 0 Å².